The van der Waals surface area contributed by atoms with Crippen molar-refractivity contribution in [3.8, 4) is 0 Å². The largest absolute Gasteiger partial charge is 0.772 e. The Morgan fingerprint density at radius 2 is 2.22 bits per heavy atom. The predicted octanol–water partition coefficient (Wildman–Crippen LogP) is 1.06. The first-order chi connectivity index (χ1) is 4.12. The number of hydrogen-bond donors (Lipinski definition) is 0. The van der Waals surface area contributed by atoms with Gasteiger partial charge in [-0.1, -0.05) is 18.0 Å². The minimum Gasteiger partial charge on any atom is -0.772 e. The molecular formula is C6H11O2S-. The molecule has 0 heterocycles. The summed E-state index contributed by atoms with van der Waals surface area (Å²) in [5.74, 6) is 0.344. The molecule has 0 aromatic heterocycles. The maximum Gasteiger partial charge on any atom is 0.0107 e. The van der Waals surface area contributed by atoms with Gasteiger partial charge in [0.2, 0.25) is 0 Å². The van der Waals surface area contributed by atoms with Crippen LogP contribution in [0.25, 0.3) is 0 Å². The monoisotopic (exact) mass is 147 g/mol. The quantitative estimate of drug-likeness (QED) is 0.560. The summed E-state index contributed by atoms with van der Waals surface area (Å²) in [4.78, 5) is 0. The van der Waals surface area contributed by atoms with Crippen LogP contribution in [0.2, 0.25) is 0 Å². The van der Waals surface area contributed by atoms with E-state index in [1.54, 1.807) is 0 Å². The van der Waals surface area contributed by atoms with Crippen molar-refractivity contribution in [2.24, 2.45) is 5.41 Å². The Morgan fingerprint density at radius 1 is 1.67 bits per heavy atom. The van der Waals surface area contributed by atoms with Gasteiger partial charge in [-0.3, -0.25) is 4.21 Å². The van der Waals surface area contributed by atoms with Gasteiger partial charge in [0, 0.05) is 5.75 Å². The van der Waals surface area contributed by atoms with Gasteiger partial charge >= 0.3 is 0 Å². The molecular weight excluding hydrogens is 136 g/mol. The van der Waals surface area contributed by atoms with Crippen molar-refractivity contribution < 1.29 is 8.76 Å². The third-order valence-corrected chi connectivity index (χ3v) is 2.51. The zero-order chi connectivity index (χ0) is 6.91. The standard InChI is InChI=1S/C6H12O2S/c1-6(2-3-6)4-5-9(7)8/h2-5H2,1H3,(H,7,8)/p-1. The summed E-state index contributed by atoms with van der Waals surface area (Å²) >= 11 is -1.82. The first kappa shape index (κ1) is 7.22. The van der Waals surface area contributed by atoms with Gasteiger partial charge in [0.05, 0.1) is 0 Å². The predicted molar refractivity (Wildman–Crippen MR) is 35.7 cm³/mol. The zero-order valence-electron chi connectivity index (χ0n) is 5.55. The molecule has 9 heavy (non-hydrogen) atoms. The zero-order valence-corrected chi connectivity index (χ0v) is 6.37. The third kappa shape index (κ3) is 2.45. The van der Waals surface area contributed by atoms with Crippen molar-refractivity contribution in [2.75, 3.05) is 5.75 Å². The van der Waals surface area contributed by atoms with Crippen molar-refractivity contribution >= 4 is 11.1 Å². The average Bonchev–Trinajstić information content (AvgIpc) is 2.45. The van der Waals surface area contributed by atoms with Crippen LogP contribution in [0.5, 0.6) is 0 Å². The van der Waals surface area contributed by atoms with Crippen LogP contribution in [0.1, 0.15) is 26.2 Å². The van der Waals surface area contributed by atoms with Crippen LogP contribution in [-0.2, 0) is 11.1 Å². The molecule has 0 aromatic rings. The summed E-state index contributed by atoms with van der Waals surface area (Å²) in [5.41, 5.74) is 0.389. The van der Waals surface area contributed by atoms with Crippen LogP contribution in [0.3, 0.4) is 0 Å². The fraction of sp³-hybridized carbons (Fsp3) is 1.00. The van der Waals surface area contributed by atoms with Gasteiger partial charge in [-0.05, 0) is 24.7 Å². The van der Waals surface area contributed by atoms with E-state index in [9.17, 15) is 8.76 Å². The molecule has 0 amide bonds. The van der Waals surface area contributed by atoms with Gasteiger partial charge < -0.3 is 4.55 Å². The summed E-state index contributed by atoms with van der Waals surface area (Å²) in [6.07, 6.45) is 3.28. The van der Waals surface area contributed by atoms with E-state index in [1.807, 2.05) is 0 Å². The summed E-state index contributed by atoms with van der Waals surface area (Å²) in [7, 11) is 0. The number of hydrogen-bond acceptors (Lipinski definition) is 2. The van der Waals surface area contributed by atoms with Gasteiger partial charge in [-0.15, -0.1) is 0 Å². The Morgan fingerprint density at radius 3 is 2.56 bits per heavy atom. The molecule has 0 spiro atoms. The maximum absolute atomic E-state index is 10.1. The SMILES string of the molecule is CC1(CCS(=O)[O-])CC1. The van der Waals surface area contributed by atoms with E-state index < -0.39 is 11.1 Å². The average molecular weight is 147 g/mol. The molecule has 1 saturated carbocycles. The maximum atomic E-state index is 10.1. The van der Waals surface area contributed by atoms with E-state index >= 15 is 0 Å². The first-order valence-electron chi connectivity index (χ1n) is 3.18. The number of rotatable bonds is 3. The van der Waals surface area contributed by atoms with Crippen LogP contribution in [0.15, 0.2) is 0 Å². The van der Waals surface area contributed by atoms with Gasteiger partial charge in [0.1, 0.15) is 0 Å². The molecule has 1 fully saturated rings. The van der Waals surface area contributed by atoms with Gasteiger partial charge in [0.25, 0.3) is 0 Å². The van der Waals surface area contributed by atoms with Crippen LogP contribution < -0.4 is 0 Å². The van der Waals surface area contributed by atoms with E-state index in [0.717, 1.165) is 6.42 Å². The summed E-state index contributed by atoms with van der Waals surface area (Å²) < 4.78 is 20.1. The van der Waals surface area contributed by atoms with Crippen molar-refractivity contribution in [3.63, 3.8) is 0 Å². The molecule has 1 unspecified atom stereocenters. The molecule has 1 rings (SSSR count). The highest BCUT2D eigenvalue weighted by molar-refractivity contribution is 7.79. The lowest BCUT2D eigenvalue weighted by molar-refractivity contribution is 0.508. The minimum atomic E-state index is -1.82. The molecule has 1 aliphatic rings. The van der Waals surface area contributed by atoms with E-state index in [0.29, 0.717) is 11.2 Å². The van der Waals surface area contributed by atoms with Crippen molar-refractivity contribution in [2.45, 2.75) is 26.2 Å². The van der Waals surface area contributed by atoms with E-state index in [4.69, 9.17) is 0 Å². The van der Waals surface area contributed by atoms with Crippen molar-refractivity contribution in [3.05, 3.63) is 0 Å². The smallest absolute Gasteiger partial charge is 0.0107 e. The third-order valence-electron chi connectivity index (χ3n) is 1.98. The van der Waals surface area contributed by atoms with Crippen molar-refractivity contribution in [1.82, 2.24) is 0 Å². The molecule has 1 aliphatic carbocycles. The Kier molecular flexibility index (Phi) is 1.91. The Balaban J connectivity index is 2.12. The topological polar surface area (TPSA) is 40.1 Å². The first-order valence-corrected chi connectivity index (χ1v) is 4.43. The summed E-state index contributed by atoms with van der Waals surface area (Å²) in [6, 6.07) is 0. The fourth-order valence-corrected chi connectivity index (χ4v) is 1.45. The molecule has 3 heteroatoms. The van der Waals surface area contributed by atoms with E-state index in [-0.39, 0.29) is 0 Å². The molecule has 2 nitrogen and oxygen atoms in total. The Labute approximate surface area is 57.9 Å². The second-order valence-electron chi connectivity index (χ2n) is 3.07. The summed E-state index contributed by atoms with van der Waals surface area (Å²) in [5, 5.41) is 0. The van der Waals surface area contributed by atoms with Gasteiger partial charge in [-0.25, -0.2) is 0 Å². The fourth-order valence-electron chi connectivity index (χ4n) is 0.793. The normalized spacial score (nSPS) is 25.6. The molecule has 0 saturated heterocycles. The Bertz CT molecular complexity index is 129. The second kappa shape index (κ2) is 2.39. The molecule has 0 bridgehead atoms. The van der Waals surface area contributed by atoms with Gasteiger partial charge in [0.15, 0.2) is 0 Å². The lowest BCUT2D eigenvalue weighted by Crippen LogP contribution is -2.02. The highest BCUT2D eigenvalue weighted by Crippen LogP contribution is 2.47. The molecule has 1 atom stereocenters. The molecule has 0 N–H and O–H groups in total. The van der Waals surface area contributed by atoms with Crippen LogP contribution in [-0.4, -0.2) is 14.5 Å². The minimum absolute atomic E-state index is 0.344. The second-order valence-corrected chi connectivity index (χ2v) is 4.08. The summed E-state index contributed by atoms with van der Waals surface area (Å²) in [6.45, 7) is 2.14. The highest BCUT2D eigenvalue weighted by Gasteiger charge is 2.36. The molecule has 0 radical (unpaired) electrons. The molecule has 0 aromatic carbocycles. The Hall–Kier alpha value is 0.110. The lowest BCUT2D eigenvalue weighted by Gasteiger charge is -2.08. The highest BCUT2D eigenvalue weighted by atomic mass is 32.2. The van der Waals surface area contributed by atoms with Gasteiger partial charge in [-0.2, -0.15) is 0 Å². The lowest BCUT2D eigenvalue weighted by atomic mass is 10.1. The molecule has 0 aliphatic heterocycles. The van der Waals surface area contributed by atoms with E-state index in [1.165, 1.54) is 12.8 Å². The molecule has 54 valence electrons. The van der Waals surface area contributed by atoms with Crippen molar-refractivity contribution in [1.29, 1.82) is 0 Å². The van der Waals surface area contributed by atoms with Crippen LogP contribution >= 0.6 is 0 Å². The van der Waals surface area contributed by atoms with Crippen LogP contribution in [0, 0.1) is 5.41 Å². The van der Waals surface area contributed by atoms with Crippen LogP contribution in [0.4, 0.5) is 0 Å². The van der Waals surface area contributed by atoms with E-state index in [2.05, 4.69) is 6.92 Å².